The first-order valence-corrected chi connectivity index (χ1v) is 9.60. The van der Waals surface area contributed by atoms with E-state index in [2.05, 4.69) is 34.3 Å². The lowest BCUT2D eigenvalue weighted by Gasteiger charge is -2.32. The van der Waals surface area contributed by atoms with Gasteiger partial charge < -0.3 is 15.0 Å². The number of carbonyl (C=O) groups excluding carboxylic acids is 1. The Bertz CT molecular complexity index is 783. The van der Waals surface area contributed by atoms with Crippen molar-refractivity contribution in [1.29, 1.82) is 0 Å². The van der Waals surface area contributed by atoms with Crippen molar-refractivity contribution in [3.8, 4) is 5.75 Å². The zero-order valence-electron chi connectivity index (χ0n) is 16.5. The molecular formula is C22H29N3O2. The average molecular weight is 367 g/mol. The number of likely N-dealkylation sites (N-methyl/N-ethyl adjacent to an activating group) is 1. The summed E-state index contributed by atoms with van der Waals surface area (Å²) in [5.74, 6) is 0.723. The number of hydrogen-bond acceptors (Lipinski definition) is 4. The van der Waals surface area contributed by atoms with Crippen LogP contribution in [0.4, 0.5) is 5.69 Å². The number of ether oxygens (including phenoxy) is 1. The number of anilines is 1. The van der Waals surface area contributed by atoms with E-state index >= 15 is 0 Å². The van der Waals surface area contributed by atoms with Crippen molar-refractivity contribution in [3.05, 3.63) is 59.2 Å². The van der Waals surface area contributed by atoms with Gasteiger partial charge in [-0.05, 0) is 62.4 Å². The van der Waals surface area contributed by atoms with Crippen molar-refractivity contribution in [2.45, 2.75) is 20.4 Å². The molecule has 1 N–H and O–H groups in total. The van der Waals surface area contributed by atoms with Crippen LogP contribution < -0.4 is 10.1 Å². The van der Waals surface area contributed by atoms with E-state index in [0.717, 1.165) is 49.7 Å². The summed E-state index contributed by atoms with van der Waals surface area (Å²) in [5, 5.41) is 3.02. The molecule has 2 aromatic carbocycles. The second-order valence-corrected chi connectivity index (χ2v) is 7.15. The molecule has 144 valence electrons. The average Bonchev–Trinajstić information content (AvgIpc) is 2.66. The van der Waals surface area contributed by atoms with E-state index in [9.17, 15) is 4.79 Å². The zero-order valence-corrected chi connectivity index (χ0v) is 16.5. The summed E-state index contributed by atoms with van der Waals surface area (Å²) < 4.78 is 5.54. The minimum Gasteiger partial charge on any atom is -0.494 e. The van der Waals surface area contributed by atoms with Gasteiger partial charge in [-0.1, -0.05) is 12.1 Å². The summed E-state index contributed by atoms with van der Waals surface area (Å²) >= 11 is 0. The highest BCUT2D eigenvalue weighted by molar-refractivity contribution is 6.04. The summed E-state index contributed by atoms with van der Waals surface area (Å²) in [4.78, 5) is 17.4. The van der Waals surface area contributed by atoms with Crippen LogP contribution in [0.1, 0.15) is 28.4 Å². The van der Waals surface area contributed by atoms with E-state index in [1.54, 1.807) is 6.07 Å². The van der Waals surface area contributed by atoms with Gasteiger partial charge in [-0.25, -0.2) is 0 Å². The number of carbonyl (C=O) groups is 1. The lowest BCUT2D eigenvalue weighted by atomic mass is 10.1. The van der Waals surface area contributed by atoms with Crippen molar-refractivity contribution in [2.75, 3.05) is 45.2 Å². The van der Waals surface area contributed by atoms with Gasteiger partial charge in [-0.3, -0.25) is 9.69 Å². The van der Waals surface area contributed by atoms with Gasteiger partial charge in [0.05, 0.1) is 6.61 Å². The van der Waals surface area contributed by atoms with E-state index in [4.69, 9.17) is 4.74 Å². The molecule has 5 nitrogen and oxygen atoms in total. The SMILES string of the molecule is CCOc1ccc(C(=O)Nc2cccc(CN3CCN(C)CC3)c2)cc1C. The molecule has 5 heteroatoms. The molecule has 27 heavy (non-hydrogen) atoms. The second-order valence-electron chi connectivity index (χ2n) is 7.15. The van der Waals surface area contributed by atoms with Crippen LogP contribution in [0.3, 0.4) is 0 Å². The number of nitrogens with zero attached hydrogens (tertiary/aromatic N) is 2. The highest BCUT2D eigenvalue weighted by Crippen LogP contribution is 2.20. The highest BCUT2D eigenvalue weighted by Gasteiger charge is 2.14. The first-order valence-electron chi connectivity index (χ1n) is 9.60. The molecule has 1 amide bonds. The van der Waals surface area contributed by atoms with Gasteiger partial charge in [0.25, 0.3) is 5.91 Å². The molecule has 0 unspecified atom stereocenters. The van der Waals surface area contributed by atoms with E-state index in [1.165, 1.54) is 5.56 Å². The predicted molar refractivity (Wildman–Crippen MR) is 110 cm³/mol. The molecule has 2 aromatic rings. The molecule has 0 spiro atoms. The molecule has 1 fully saturated rings. The normalized spacial score (nSPS) is 15.5. The minimum atomic E-state index is -0.0992. The lowest BCUT2D eigenvalue weighted by molar-refractivity contribution is 0.102. The van der Waals surface area contributed by atoms with Gasteiger partial charge in [0.2, 0.25) is 0 Å². The van der Waals surface area contributed by atoms with Gasteiger partial charge in [-0.15, -0.1) is 0 Å². The summed E-state index contributed by atoms with van der Waals surface area (Å²) in [6.07, 6.45) is 0. The predicted octanol–water partition coefficient (Wildman–Crippen LogP) is 3.39. The Labute approximate surface area is 161 Å². The van der Waals surface area contributed by atoms with Crippen LogP contribution in [-0.2, 0) is 6.54 Å². The molecule has 3 rings (SSSR count). The molecule has 0 aliphatic carbocycles. The fourth-order valence-electron chi connectivity index (χ4n) is 3.32. The summed E-state index contributed by atoms with van der Waals surface area (Å²) in [5.41, 5.74) is 3.66. The summed E-state index contributed by atoms with van der Waals surface area (Å²) in [6.45, 7) is 9.82. The van der Waals surface area contributed by atoms with Gasteiger partial charge in [0.1, 0.15) is 5.75 Å². The van der Waals surface area contributed by atoms with Crippen LogP contribution in [-0.4, -0.2) is 55.5 Å². The number of benzene rings is 2. The Morgan fingerprint density at radius 2 is 1.89 bits per heavy atom. The van der Waals surface area contributed by atoms with E-state index < -0.39 is 0 Å². The van der Waals surface area contributed by atoms with Crippen LogP contribution >= 0.6 is 0 Å². The monoisotopic (exact) mass is 367 g/mol. The van der Waals surface area contributed by atoms with Crippen LogP contribution in [0, 0.1) is 6.92 Å². The fourth-order valence-corrected chi connectivity index (χ4v) is 3.32. The third kappa shape index (κ3) is 5.31. The molecule has 1 heterocycles. The number of rotatable bonds is 6. The number of nitrogens with one attached hydrogen (secondary N) is 1. The third-order valence-corrected chi connectivity index (χ3v) is 4.92. The van der Waals surface area contributed by atoms with Crippen molar-refractivity contribution < 1.29 is 9.53 Å². The Kier molecular flexibility index (Phi) is 6.48. The Balaban J connectivity index is 1.63. The van der Waals surface area contributed by atoms with Crippen LogP contribution in [0.15, 0.2) is 42.5 Å². The van der Waals surface area contributed by atoms with Gasteiger partial charge in [0.15, 0.2) is 0 Å². The molecular weight excluding hydrogens is 338 g/mol. The maximum atomic E-state index is 12.6. The molecule has 0 aromatic heterocycles. The van der Waals surface area contributed by atoms with Gasteiger partial charge in [-0.2, -0.15) is 0 Å². The topological polar surface area (TPSA) is 44.8 Å². The van der Waals surface area contributed by atoms with E-state index in [1.807, 2.05) is 38.1 Å². The Hall–Kier alpha value is -2.37. The van der Waals surface area contributed by atoms with E-state index in [0.29, 0.717) is 12.2 Å². The second kappa shape index (κ2) is 9.02. The summed E-state index contributed by atoms with van der Waals surface area (Å²) in [7, 11) is 2.16. The Morgan fingerprint density at radius 3 is 2.59 bits per heavy atom. The molecule has 0 saturated carbocycles. The minimum absolute atomic E-state index is 0.0992. The molecule has 1 aliphatic heterocycles. The first kappa shape index (κ1) is 19.4. The van der Waals surface area contributed by atoms with Crippen molar-refractivity contribution >= 4 is 11.6 Å². The number of amides is 1. The van der Waals surface area contributed by atoms with E-state index in [-0.39, 0.29) is 5.91 Å². The smallest absolute Gasteiger partial charge is 0.255 e. The standard InChI is InChI=1S/C22H29N3O2/c1-4-27-21-9-8-19(14-17(21)2)22(26)23-20-7-5-6-18(15-20)16-25-12-10-24(3)11-13-25/h5-9,14-15H,4,10-13,16H2,1-3H3,(H,23,26). The van der Waals surface area contributed by atoms with Gasteiger partial charge >= 0.3 is 0 Å². The van der Waals surface area contributed by atoms with Crippen LogP contribution in [0.5, 0.6) is 5.75 Å². The summed E-state index contributed by atoms with van der Waals surface area (Å²) in [6, 6.07) is 13.7. The number of piperazine rings is 1. The van der Waals surface area contributed by atoms with Gasteiger partial charge in [0, 0.05) is 44.0 Å². The molecule has 1 saturated heterocycles. The quantitative estimate of drug-likeness (QED) is 0.850. The number of hydrogen-bond donors (Lipinski definition) is 1. The molecule has 0 bridgehead atoms. The number of aryl methyl sites for hydroxylation is 1. The van der Waals surface area contributed by atoms with Crippen molar-refractivity contribution in [1.82, 2.24) is 9.80 Å². The van der Waals surface area contributed by atoms with Crippen molar-refractivity contribution in [2.24, 2.45) is 0 Å². The van der Waals surface area contributed by atoms with Crippen LogP contribution in [0.2, 0.25) is 0 Å². The fraction of sp³-hybridized carbons (Fsp3) is 0.409. The molecule has 0 atom stereocenters. The molecule has 0 radical (unpaired) electrons. The largest absolute Gasteiger partial charge is 0.494 e. The van der Waals surface area contributed by atoms with Crippen molar-refractivity contribution in [3.63, 3.8) is 0 Å². The third-order valence-electron chi connectivity index (χ3n) is 4.92. The first-order chi connectivity index (χ1) is 13.0. The maximum absolute atomic E-state index is 12.6. The molecule has 1 aliphatic rings. The lowest BCUT2D eigenvalue weighted by Crippen LogP contribution is -2.43. The maximum Gasteiger partial charge on any atom is 0.255 e. The Morgan fingerprint density at radius 1 is 1.11 bits per heavy atom. The highest BCUT2D eigenvalue weighted by atomic mass is 16.5. The zero-order chi connectivity index (χ0) is 19.2. The van der Waals surface area contributed by atoms with Crippen LogP contribution in [0.25, 0.3) is 0 Å².